The van der Waals surface area contributed by atoms with Crippen LogP contribution in [0.3, 0.4) is 0 Å². The number of amides is 1. The highest BCUT2D eigenvalue weighted by Crippen LogP contribution is 2.12. The number of aromatic nitrogens is 2. The summed E-state index contributed by atoms with van der Waals surface area (Å²) >= 11 is 0. The summed E-state index contributed by atoms with van der Waals surface area (Å²) in [6, 6.07) is 1.67. The van der Waals surface area contributed by atoms with Crippen LogP contribution in [0.1, 0.15) is 30.4 Å². The molecule has 1 aromatic rings. The molecule has 0 aromatic carbocycles. The van der Waals surface area contributed by atoms with Crippen LogP contribution in [0.4, 0.5) is 5.82 Å². The lowest BCUT2D eigenvalue weighted by Gasteiger charge is -2.10. The second-order valence-electron chi connectivity index (χ2n) is 3.74. The summed E-state index contributed by atoms with van der Waals surface area (Å²) in [7, 11) is 1.59. The molecule has 3 N–H and O–H groups in total. The molecule has 16 heavy (non-hydrogen) atoms. The summed E-state index contributed by atoms with van der Waals surface area (Å²) in [4.78, 5) is 11.8. The van der Waals surface area contributed by atoms with Gasteiger partial charge >= 0.3 is 0 Å². The first-order valence-corrected chi connectivity index (χ1v) is 5.18. The van der Waals surface area contributed by atoms with Crippen LogP contribution < -0.4 is 11.1 Å². The molecule has 0 aliphatic heterocycles. The van der Waals surface area contributed by atoms with Gasteiger partial charge in [0, 0.05) is 25.8 Å². The summed E-state index contributed by atoms with van der Waals surface area (Å²) in [6.07, 6.45) is 0. The molecule has 1 rings (SSSR count). The summed E-state index contributed by atoms with van der Waals surface area (Å²) < 4.78 is 6.46. The monoisotopic (exact) mass is 226 g/mol. The molecular weight excluding hydrogens is 208 g/mol. The SMILES string of the molecule is COCCNC(=O)c1cc(N)nn1C(C)C. The van der Waals surface area contributed by atoms with E-state index in [4.69, 9.17) is 10.5 Å². The molecule has 90 valence electrons. The molecule has 0 atom stereocenters. The number of nitrogens with one attached hydrogen (secondary N) is 1. The van der Waals surface area contributed by atoms with Gasteiger partial charge in [0.25, 0.3) is 5.91 Å². The van der Waals surface area contributed by atoms with E-state index >= 15 is 0 Å². The van der Waals surface area contributed by atoms with E-state index in [-0.39, 0.29) is 11.9 Å². The zero-order chi connectivity index (χ0) is 12.1. The Bertz CT molecular complexity index is 360. The van der Waals surface area contributed by atoms with E-state index in [0.29, 0.717) is 24.7 Å². The Kier molecular flexibility index (Phi) is 4.30. The molecular formula is C10H18N4O2. The fourth-order valence-electron chi connectivity index (χ4n) is 1.33. The molecule has 1 amide bonds. The van der Waals surface area contributed by atoms with E-state index < -0.39 is 0 Å². The zero-order valence-corrected chi connectivity index (χ0v) is 9.86. The summed E-state index contributed by atoms with van der Waals surface area (Å²) in [5, 5.41) is 6.79. The number of ether oxygens (including phenoxy) is 1. The molecule has 0 unspecified atom stereocenters. The highest BCUT2D eigenvalue weighted by molar-refractivity contribution is 5.93. The van der Waals surface area contributed by atoms with Crippen LogP contribution in [0.2, 0.25) is 0 Å². The molecule has 6 nitrogen and oxygen atoms in total. The zero-order valence-electron chi connectivity index (χ0n) is 9.86. The highest BCUT2D eigenvalue weighted by Gasteiger charge is 2.15. The predicted octanol–water partition coefficient (Wildman–Crippen LogP) is 0.422. The molecule has 1 heterocycles. The van der Waals surface area contributed by atoms with E-state index in [9.17, 15) is 4.79 Å². The normalized spacial score (nSPS) is 10.8. The minimum atomic E-state index is -0.185. The lowest BCUT2D eigenvalue weighted by Crippen LogP contribution is -2.29. The Morgan fingerprint density at radius 3 is 2.94 bits per heavy atom. The number of carbonyl (C=O) groups is 1. The maximum absolute atomic E-state index is 11.8. The van der Waals surface area contributed by atoms with Gasteiger partial charge in [-0.25, -0.2) is 0 Å². The molecule has 0 saturated carbocycles. The third-order valence-corrected chi connectivity index (χ3v) is 2.07. The topological polar surface area (TPSA) is 82.2 Å². The van der Waals surface area contributed by atoms with Gasteiger partial charge in [-0.15, -0.1) is 0 Å². The first-order chi connectivity index (χ1) is 7.56. The van der Waals surface area contributed by atoms with Gasteiger partial charge in [0.2, 0.25) is 0 Å². The summed E-state index contributed by atoms with van der Waals surface area (Å²) in [6.45, 7) is 4.84. The number of hydrogen-bond donors (Lipinski definition) is 2. The average Bonchev–Trinajstić information content (AvgIpc) is 2.61. The van der Waals surface area contributed by atoms with Gasteiger partial charge < -0.3 is 15.8 Å². The quantitative estimate of drug-likeness (QED) is 0.713. The van der Waals surface area contributed by atoms with Crippen molar-refractivity contribution in [1.82, 2.24) is 15.1 Å². The molecule has 0 aliphatic carbocycles. The molecule has 1 aromatic heterocycles. The fourth-order valence-corrected chi connectivity index (χ4v) is 1.33. The van der Waals surface area contributed by atoms with Crippen LogP contribution >= 0.6 is 0 Å². The van der Waals surface area contributed by atoms with Crippen molar-refractivity contribution >= 4 is 11.7 Å². The number of anilines is 1. The van der Waals surface area contributed by atoms with Crippen molar-refractivity contribution in [2.75, 3.05) is 26.0 Å². The minimum absolute atomic E-state index is 0.0977. The van der Waals surface area contributed by atoms with Crippen molar-refractivity contribution in [3.05, 3.63) is 11.8 Å². The average molecular weight is 226 g/mol. The number of hydrogen-bond acceptors (Lipinski definition) is 4. The van der Waals surface area contributed by atoms with Crippen molar-refractivity contribution in [3.8, 4) is 0 Å². The Labute approximate surface area is 94.8 Å². The molecule has 6 heteroatoms. The molecule has 0 bridgehead atoms. The largest absolute Gasteiger partial charge is 0.383 e. The van der Waals surface area contributed by atoms with Gasteiger partial charge in [-0.1, -0.05) is 0 Å². The van der Waals surface area contributed by atoms with Gasteiger partial charge in [-0.2, -0.15) is 5.10 Å². The van der Waals surface area contributed by atoms with Crippen LogP contribution in [-0.2, 0) is 4.74 Å². The minimum Gasteiger partial charge on any atom is -0.383 e. The second-order valence-corrected chi connectivity index (χ2v) is 3.74. The third-order valence-electron chi connectivity index (χ3n) is 2.07. The predicted molar refractivity (Wildman–Crippen MR) is 61.2 cm³/mol. The van der Waals surface area contributed by atoms with Crippen LogP contribution in [0.25, 0.3) is 0 Å². The highest BCUT2D eigenvalue weighted by atomic mass is 16.5. The Hall–Kier alpha value is -1.56. The molecule has 0 radical (unpaired) electrons. The van der Waals surface area contributed by atoms with E-state index in [0.717, 1.165) is 0 Å². The Morgan fingerprint density at radius 2 is 2.38 bits per heavy atom. The number of carbonyl (C=O) groups excluding carboxylic acids is 1. The van der Waals surface area contributed by atoms with E-state index in [2.05, 4.69) is 10.4 Å². The maximum Gasteiger partial charge on any atom is 0.269 e. The summed E-state index contributed by atoms with van der Waals surface area (Å²) in [5.41, 5.74) is 6.05. The first kappa shape index (κ1) is 12.5. The van der Waals surface area contributed by atoms with Crippen molar-refractivity contribution in [2.45, 2.75) is 19.9 Å². The number of nitrogens with zero attached hydrogens (tertiary/aromatic N) is 2. The van der Waals surface area contributed by atoms with Gasteiger partial charge in [-0.3, -0.25) is 9.48 Å². The van der Waals surface area contributed by atoms with Crippen LogP contribution in [-0.4, -0.2) is 35.9 Å². The molecule has 0 spiro atoms. The van der Waals surface area contributed by atoms with E-state index in [1.165, 1.54) is 0 Å². The van der Waals surface area contributed by atoms with Crippen LogP contribution in [0.5, 0.6) is 0 Å². The molecule has 0 saturated heterocycles. The lowest BCUT2D eigenvalue weighted by molar-refractivity contribution is 0.0924. The first-order valence-electron chi connectivity index (χ1n) is 5.18. The van der Waals surface area contributed by atoms with Gasteiger partial charge in [0.1, 0.15) is 11.5 Å². The lowest BCUT2D eigenvalue weighted by atomic mass is 10.3. The van der Waals surface area contributed by atoms with E-state index in [1.54, 1.807) is 17.9 Å². The van der Waals surface area contributed by atoms with Crippen molar-refractivity contribution in [3.63, 3.8) is 0 Å². The second kappa shape index (κ2) is 5.50. The van der Waals surface area contributed by atoms with Crippen LogP contribution in [0, 0.1) is 0 Å². The van der Waals surface area contributed by atoms with Gasteiger partial charge in [0.15, 0.2) is 0 Å². The van der Waals surface area contributed by atoms with Crippen molar-refractivity contribution in [2.24, 2.45) is 0 Å². The third kappa shape index (κ3) is 2.96. The Balaban J connectivity index is 2.74. The fraction of sp³-hybridized carbons (Fsp3) is 0.600. The van der Waals surface area contributed by atoms with Gasteiger partial charge in [-0.05, 0) is 13.8 Å². The maximum atomic E-state index is 11.8. The van der Waals surface area contributed by atoms with Gasteiger partial charge in [0.05, 0.1) is 6.61 Å². The standard InChI is InChI=1S/C10H18N4O2/c1-7(2)14-8(6-9(11)13-14)10(15)12-4-5-16-3/h6-7H,4-5H2,1-3H3,(H2,11,13)(H,12,15). The number of nitrogen functional groups attached to an aromatic ring is 1. The van der Waals surface area contributed by atoms with Crippen LogP contribution in [0.15, 0.2) is 6.07 Å². The van der Waals surface area contributed by atoms with Crippen molar-refractivity contribution in [1.29, 1.82) is 0 Å². The Morgan fingerprint density at radius 1 is 1.69 bits per heavy atom. The summed E-state index contributed by atoms with van der Waals surface area (Å²) in [5.74, 6) is 0.167. The number of rotatable bonds is 5. The van der Waals surface area contributed by atoms with Crippen molar-refractivity contribution < 1.29 is 9.53 Å². The number of methoxy groups -OCH3 is 1. The molecule has 0 aliphatic rings. The molecule has 0 fully saturated rings. The number of nitrogens with two attached hydrogens (primary N) is 1. The van der Waals surface area contributed by atoms with E-state index in [1.807, 2.05) is 13.8 Å². The smallest absolute Gasteiger partial charge is 0.269 e.